The summed E-state index contributed by atoms with van der Waals surface area (Å²) in [5, 5.41) is 0. The molecule has 0 spiro atoms. The van der Waals surface area contributed by atoms with E-state index in [1.807, 2.05) is 6.07 Å². The number of hydrogen-bond donors (Lipinski definition) is 0. The summed E-state index contributed by atoms with van der Waals surface area (Å²) in [6, 6.07) is 10.4. The second-order valence-corrected chi connectivity index (χ2v) is 5.27. The molecule has 13 heavy (non-hydrogen) atoms. The van der Waals surface area contributed by atoms with Crippen LogP contribution in [0.3, 0.4) is 0 Å². The zero-order valence-corrected chi connectivity index (χ0v) is 10.4. The van der Waals surface area contributed by atoms with Crippen LogP contribution in [0.2, 0.25) is 0 Å². The quantitative estimate of drug-likeness (QED) is 0.647. The highest BCUT2D eigenvalue weighted by atomic mass is 79.9. The third-order valence-electron chi connectivity index (χ3n) is 1.54. The van der Waals surface area contributed by atoms with E-state index in [-0.39, 0.29) is 17.0 Å². The first kappa shape index (κ1) is 12.8. The van der Waals surface area contributed by atoms with Gasteiger partial charge in [-0.05, 0) is 22.5 Å². The van der Waals surface area contributed by atoms with E-state index in [1.54, 1.807) is 0 Å². The summed E-state index contributed by atoms with van der Waals surface area (Å²) in [4.78, 5) is 0. The van der Waals surface area contributed by atoms with E-state index in [0.717, 1.165) is 0 Å². The molecule has 0 aromatic heterocycles. The molecular formula is C11H15BrS. The summed E-state index contributed by atoms with van der Waals surface area (Å²) in [5.74, 6) is 1.19. The van der Waals surface area contributed by atoms with Crippen LogP contribution >= 0.6 is 0 Å². The summed E-state index contributed by atoms with van der Waals surface area (Å²) in [6.45, 7) is 0. The molecule has 0 bridgehead atoms. The van der Waals surface area contributed by atoms with Crippen LogP contribution in [0.25, 0.3) is 6.08 Å². The van der Waals surface area contributed by atoms with Gasteiger partial charge in [-0.1, -0.05) is 36.4 Å². The molecule has 0 saturated carbocycles. The van der Waals surface area contributed by atoms with Crippen LogP contribution < -0.4 is 17.0 Å². The molecular weight excluding hydrogens is 244 g/mol. The number of rotatable bonds is 3. The Morgan fingerprint density at radius 2 is 1.77 bits per heavy atom. The minimum Gasteiger partial charge on any atom is -1.00 e. The summed E-state index contributed by atoms with van der Waals surface area (Å²) in [5.41, 5.74) is 1.29. The molecule has 0 amide bonds. The van der Waals surface area contributed by atoms with Gasteiger partial charge in [0.1, 0.15) is 5.75 Å². The Bertz CT molecular complexity index is 242. The van der Waals surface area contributed by atoms with E-state index < -0.39 is 0 Å². The lowest BCUT2D eigenvalue weighted by Gasteiger charge is -1.91. The average Bonchev–Trinajstić information content (AvgIpc) is 2.05. The van der Waals surface area contributed by atoms with Crippen molar-refractivity contribution in [2.24, 2.45) is 0 Å². The molecule has 0 radical (unpaired) electrons. The molecule has 0 aliphatic rings. The third-order valence-corrected chi connectivity index (χ3v) is 2.40. The Labute approximate surface area is 94.2 Å². The van der Waals surface area contributed by atoms with Crippen LogP contribution in [0.15, 0.2) is 36.4 Å². The number of halogens is 1. The van der Waals surface area contributed by atoms with Gasteiger partial charge in [0.05, 0.1) is 12.5 Å². The Morgan fingerprint density at radius 3 is 2.31 bits per heavy atom. The lowest BCUT2D eigenvalue weighted by Crippen LogP contribution is -3.00. The first-order valence-electron chi connectivity index (χ1n) is 4.05. The Kier molecular flexibility index (Phi) is 7.10. The molecule has 0 aliphatic carbocycles. The monoisotopic (exact) mass is 258 g/mol. The minimum atomic E-state index is 0. The van der Waals surface area contributed by atoms with Crippen molar-refractivity contribution >= 4 is 17.0 Å². The highest BCUT2D eigenvalue weighted by molar-refractivity contribution is 7.95. The van der Waals surface area contributed by atoms with Gasteiger partial charge in [0.2, 0.25) is 0 Å². The van der Waals surface area contributed by atoms with Gasteiger partial charge in [0.25, 0.3) is 0 Å². The Balaban J connectivity index is 0.00000144. The molecule has 1 aromatic rings. The minimum absolute atomic E-state index is 0. The lowest BCUT2D eigenvalue weighted by molar-refractivity contribution is -0.00000253. The molecule has 0 nitrogen and oxygen atoms in total. The molecule has 0 heterocycles. The van der Waals surface area contributed by atoms with Gasteiger partial charge in [-0.15, -0.1) is 0 Å². The largest absolute Gasteiger partial charge is 1.00 e. The van der Waals surface area contributed by atoms with Crippen molar-refractivity contribution in [1.29, 1.82) is 0 Å². The van der Waals surface area contributed by atoms with E-state index in [2.05, 4.69) is 48.9 Å². The Hall–Kier alpha value is -0.210. The van der Waals surface area contributed by atoms with Gasteiger partial charge in [-0.3, -0.25) is 0 Å². The zero-order chi connectivity index (χ0) is 8.81. The molecule has 1 aromatic carbocycles. The predicted octanol–water partition coefficient (Wildman–Crippen LogP) is -0.418. The van der Waals surface area contributed by atoms with Crippen molar-refractivity contribution in [1.82, 2.24) is 0 Å². The fourth-order valence-corrected chi connectivity index (χ4v) is 1.42. The van der Waals surface area contributed by atoms with Crippen LogP contribution in [0, 0.1) is 0 Å². The maximum atomic E-state index is 2.26. The third kappa shape index (κ3) is 5.94. The van der Waals surface area contributed by atoms with Crippen molar-refractivity contribution in [3.63, 3.8) is 0 Å². The average molecular weight is 259 g/mol. The molecule has 0 saturated heterocycles. The number of benzene rings is 1. The summed E-state index contributed by atoms with van der Waals surface area (Å²) in [6.07, 6.45) is 8.95. The number of hydrogen-bond acceptors (Lipinski definition) is 0. The molecule has 0 fully saturated rings. The van der Waals surface area contributed by atoms with Crippen LogP contribution in [0.4, 0.5) is 0 Å². The normalized spacial score (nSPS) is 10.4. The van der Waals surface area contributed by atoms with Gasteiger partial charge in [0, 0.05) is 0 Å². The molecule has 1 rings (SSSR count). The van der Waals surface area contributed by atoms with E-state index in [4.69, 9.17) is 0 Å². The maximum absolute atomic E-state index is 2.26. The fraction of sp³-hybridized carbons (Fsp3) is 0.273. The highest BCUT2D eigenvalue weighted by Crippen LogP contribution is 2.01. The molecule has 0 aliphatic heterocycles. The van der Waals surface area contributed by atoms with Crippen LogP contribution in [0.5, 0.6) is 0 Å². The Morgan fingerprint density at radius 1 is 1.15 bits per heavy atom. The smallest absolute Gasteiger partial charge is 0.126 e. The van der Waals surface area contributed by atoms with Crippen molar-refractivity contribution in [2.75, 3.05) is 18.3 Å². The lowest BCUT2D eigenvalue weighted by atomic mass is 10.2. The van der Waals surface area contributed by atoms with Crippen molar-refractivity contribution < 1.29 is 17.0 Å². The van der Waals surface area contributed by atoms with Gasteiger partial charge < -0.3 is 17.0 Å². The van der Waals surface area contributed by atoms with Crippen LogP contribution in [0.1, 0.15) is 5.56 Å². The summed E-state index contributed by atoms with van der Waals surface area (Å²) in [7, 11) is 0.524. The summed E-state index contributed by atoms with van der Waals surface area (Å²) < 4.78 is 0. The first-order valence-corrected chi connectivity index (χ1v) is 6.26. The van der Waals surface area contributed by atoms with Crippen LogP contribution in [-0.2, 0) is 10.9 Å². The molecule has 2 heteroatoms. The second kappa shape index (κ2) is 7.22. The van der Waals surface area contributed by atoms with Crippen LogP contribution in [-0.4, -0.2) is 18.3 Å². The molecule has 0 N–H and O–H groups in total. The maximum Gasteiger partial charge on any atom is 0.126 e. The highest BCUT2D eigenvalue weighted by Gasteiger charge is 1.95. The SMILES string of the molecule is C[S+](C)CC=Cc1ccccc1.[Br-]. The van der Waals surface area contributed by atoms with Crippen molar-refractivity contribution in [3.05, 3.63) is 42.0 Å². The van der Waals surface area contributed by atoms with Gasteiger partial charge in [-0.25, -0.2) is 0 Å². The van der Waals surface area contributed by atoms with Crippen molar-refractivity contribution in [2.45, 2.75) is 0 Å². The van der Waals surface area contributed by atoms with Gasteiger partial charge >= 0.3 is 0 Å². The molecule has 0 atom stereocenters. The van der Waals surface area contributed by atoms with Gasteiger partial charge in [0.15, 0.2) is 0 Å². The summed E-state index contributed by atoms with van der Waals surface area (Å²) >= 11 is 0. The molecule has 72 valence electrons. The predicted molar refractivity (Wildman–Crippen MR) is 59.6 cm³/mol. The van der Waals surface area contributed by atoms with E-state index in [1.165, 1.54) is 11.3 Å². The van der Waals surface area contributed by atoms with E-state index >= 15 is 0 Å². The standard InChI is InChI=1S/C11H15S.BrH/c1-12(2)10-6-9-11-7-4-3-5-8-11;/h3-9H,10H2,1-2H3;1H/q+1;/p-1. The first-order chi connectivity index (χ1) is 5.79. The van der Waals surface area contributed by atoms with Crippen molar-refractivity contribution in [3.8, 4) is 0 Å². The van der Waals surface area contributed by atoms with Gasteiger partial charge in [-0.2, -0.15) is 0 Å². The van der Waals surface area contributed by atoms with E-state index in [0.29, 0.717) is 10.9 Å². The fourth-order valence-electron chi connectivity index (χ4n) is 0.941. The topological polar surface area (TPSA) is 0 Å². The zero-order valence-electron chi connectivity index (χ0n) is 8.03. The molecule has 0 unspecified atom stereocenters. The van der Waals surface area contributed by atoms with E-state index in [9.17, 15) is 0 Å². The second-order valence-electron chi connectivity index (χ2n) is 2.97.